The van der Waals surface area contributed by atoms with Crippen LogP contribution < -0.4 is 29.6 Å². The number of nitrogens with one attached hydrogen (secondary N) is 2. The summed E-state index contributed by atoms with van der Waals surface area (Å²) in [7, 11) is 3.10. The molecule has 0 bridgehead atoms. The van der Waals surface area contributed by atoms with Gasteiger partial charge in [0.15, 0.2) is 23.0 Å². The Morgan fingerprint density at radius 3 is 2.55 bits per heavy atom. The predicted octanol–water partition coefficient (Wildman–Crippen LogP) is 3.82. The van der Waals surface area contributed by atoms with Gasteiger partial charge in [0, 0.05) is 35.3 Å². The number of anilines is 3. The van der Waals surface area contributed by atoms with Gasteiger partial charge in [-0.1, -0.05) is 0 Å². The van der Waals surface area contributed by atoms with Crippen LogP contribution in [0.5, 0.6) is 23.0 Å². The number of hydrogen-bond donors (Lipinski definition) is 2. The first-order valence-electron chi connectivity index (χ1n) is 8.82. The van der Waals surface area contributed by atoms with Crippen LogP contribution in [0.3, 0.4) is 0 Å². The zero-order valence-corrected chi connectivity index (χ0v) is 15.9. The maximum absolute atomic E-state index is 12.7. The third-order valence-electron chi connectivity index (χ3n) is 4.31. The van der Waals surface area contributed by atoms with Gasteiger partial charge in [-0.3, -0.25) is 4.79 Å². The molecule has 2 aromatic carbocycles. The van der Waals surface area contributed by atoms with Crippen molar-refractivity contribution in [2.45, 2.75) is 0 Å². The number of rotatable bonds is 6. The van der Waals surface area contributed by atoms with E-state index in [4.69, 9.17) is 18.9 Å². The Hall–Kier alpha value is -3.94. The Morgan fingerprint density at radius 2 is 1.72 bits per heavy atom. The summed E-state index contributed by atoms with van der Waals surface area (Å²) in [5, 5.41) is 6.01. The van der Waals surface area contributed by atoms with Crippen LogP contribution >= 0.6 is 0 Å². The van der Waals surface area contributed by atoms with Crippen molar-refractivity contribution in [2.75, 3.05) is 31.6 Å². The molecule has 4 rings (SSSR count). The number of fused-ring (bicyclic) bond motifs is 1. The van der Waals surface area contributed by atoms with Crippen molar-refractivity contribution >= 4 is 23.1 Å². The maximum atomic E-state index is 12.7. The summed E-state index contributed by atoms with van der Waals surface area (Å²) < 4.78 is 21.2. The first-order valence-corrected chi connectivity index (χ1v) is 8.82. The van der Waals surface area contributed by atoms with E-state index in [9.17, 15) is 4.79 Å². The number of methoxy groups -OCH3 is 2. The van der Waals surface area contributed by atoms with Gasteiger partial charge in [-0.2, -0.15) is 0 Å². The molecule has 8 heteroatoms. The molecule has 3 aromatic rings. The van der Waals surface area contributed by atoms with Crippen LogP contribution in [0.25, 0.3) is 0 Å². The highest BCUT2D eigenvalue weighted by molar-refractivity contribution is 6.04. The Morgan fingerprint density at radius 1 is 0.931 bits per heavy atom. The largest absolute Gasteiger partial charge is 0.493 e. The quantitative estimate of drug-likeness (QED) is 0.658. The third-order valence-corrected chi connectivity index (χ3v) is 4.31. The fourth-order valence-corrected chi connectivity index (χ4v) is 2.88. The predicted molar refractivity (Wildman–Crippen MR) is 108 cm³/mol. The molecule has 1 amide bonds. The Kier molecular flexibility index (Phi) is 5.07. The summed E-state index contributed by atoms with van der Waals surface area (Å²) in [6.07, 6.45) is 1.57. The van der Waals surface area contributed by atoms with Crippen LogP contribution in [0.15, 0.2) is 54.7 Å². The molecule has 2 N–H and O–H groups in total. The molecule has 8 nitrogen and oxygen atoms in total. The van der Waals surface area contributed by atoms with Crippen molar-refractivity contribution in [3.05, 3.63) is 60.3 Å². The van der Waals surface area contributed by atoms with Gasteiger partial charge in [-0.05, 0) is 36.4 Å². The average molecular weight is 393 g/mol. The maximum Gasteiger partial charge on any atom is 0.255 e. The standard InChI is InChI=1S/C21H19N3O5/c1-26-16-5-3-15(10-18(16)27-2)24-21(25)13-7-8-22-20(9-13)23-14-4-6-17-19(11-14)29-12-28-17/h3-11H,12H2,1-2H3,(H,22,23)(H,24,25). The van der Waals surface area contributed by atoms with Gasteiger partial charge in [0.25, 0.3) is 5.91 Å². The highest BCUT2D eigenvalue weighted by Gasteiger charge is 2.14. The van der Waals surface area contributed by atoms with Gasteiger partial charge in [-0.25, -0.2) is 4.98 Å². The SMILES string of the molecule is COc1ccc(NC(=O)c2ccnc(Nc3ccc4c(c3)OCO4)c2)cc1OC. The summed E-state index contributed by atoms with van der Waals surface area (Å²) in [6, 6.07) is 14.0. The molecule has 0 saturated heterocycles. The number of ether oxygens (including phenoxy) is 4. The molecule has 0 spiro atoms. The molecule has 0 saturated carbocycles. The van der Waals surface area contributed by atoms with Gasteiger partial charge in [0.2, 0.25) is 6.79 Å². The van der Waals surface area contributed by atoms with E-state index in [2.05, 4.69) is 15.6 Å². The van der Waals surface area contributed by atoms with Crippen molar-refractivity contribution < 1.29 is 23.7 Å². The average Bonchev–Trinajstić information content (AvgIpc) is 3.21. The Balaban J connectivity index is 1.49. The lowest BCUT2D eigenvalue weighted by molar-refractivity contribution is 0.102. The van der Waals surface area contributed by atoms with E-state index in [0.29, 0.717) is 40.1 Å². The molecular formula is C21H19N3O5. The van der Waals surface area contributed by atoms with Crippen molar-refractivity contribution in [1.82, 2.24) is 4.98 Å². The smallest absolute Gasteiger partial charge is 0.255 e. The Bertz CT molecular complexity index is 1050. The number of carbonyl (C=O) groups is 1. The lowest BCUT2D eigenvalue weighted by atomic mass is 10.2. The molecule has 0 radical (unpaired) electrons. The van der Waals surface area contributed by atoms with Crippen LogP contribution in [-0.4, -0.2) is 31.9 Å². The second-order valence-electron chi connectivity index (χ2n) is 6.15. The molecule has 2 heterocycles. The zero-order chi connectivity index (χ0) is 20.2. The number of aromatic nitrogens is 1. The van der Waals surface area contributed by atoms with E-state index in [1.165, 1.54) is 0 Å². The van der Waals surface area contributed by atoms with Crippen molar-refractivity contribution in [2.24, 2.45) is 0 Å². The fourth-order valence-electron chi connectivity index (χ4n) is 2.88. The van der Waals surface area contributed by atoms with Crippen LogP contribution in [0, 0.1) is 0 Å². The molecule has 1 aromatic heterocycles. The molecule has 1 aliphatic heterocycles. The third kappa shape index (κ3) is 4.01. The topological polar surface area (TPSA) is 90.9 Å². The van der Waals surface area contributed by atoms with Crippen molar-refractivity contribution in [3.63, 3.8) is 0 Å². The highest BCUT2D eigenvalue weighted by Crippen LogP contribution is 2.35. The van der Waals surface area contributed by atoms with Gasteiger partial charge in [-0.15, -0.1) is 0 Å². The van der Waals surface area contributed by atoms with Gasteiger partial charge in [0.05, 0.1) is 14.2 Å². The lowest BCUT2D eigenvalue weighted by Gasteiger charge is -2.11. The van der Waals surface area contributed by atoms with E-state index in [0.717, 1.165) is 5.69 Å². The van der Waals surface area contributed by atoms with E-state index >= 15 is 0 Å². The minimum Gasteiger partial charge on any atom is -0.493 e. The van der Waals surface area contributed by atoms with Crippen LogP contribution in [-0.2, 0) is 0 Å². The number of amides is 1. The minimum absolute atomic E-state index is 0.211. The molecule has 0 atom stereocenters. The second-order valence-corrected chi connectivity index (χ2v) is 6.15. The number of carbonyl (C=O) groups excluding carboxylic acids is 1. The molecule has 148 valence electrons. The normalized spacial score (nSPS) is 11.7. The first-order chi connectivity index (χ1) is 14.2. The zero-order valence-electron chi connectivity index (χ0n) is 15.9. The highest BCUT2D eigenvalue weighted by atomic mass is 16.7. The first kappa shape index (κ1) is 18.4. The Labute approximate surface area is 167 Å². The molecular weight excluding hydrogens is 374 g/mol. The summed E-state index contributed by atoms with van der Waals surface area (Å²) in [5.41, 5.74) is 1.83. The number of benzene rings is 2. The van der Waals surface area contributed by atoms with Crippen LogP contribution in [0.1, 0.15) is 10.4 Å². The second kappa shape index (κ2) is 7.97. The van der Waals surface area contributed by atoms with E-state index in [1.54, 1.807) is 50.7 Å². The summed E-state index contributed by atoms with van der Waals surface area (Å²) >= 11 is 0. The lowest BCUT2D eigenvalue weighted by Crippen LogP contribution is -2.12. The van der Waals surface area contributed by atoms with Gasteiger partial charge >= 0.3 is 0 Å². The minimum atomic E-state index is -0.270. The van der Waals surface area contributed by atoms with E-state index in [1.807, 2.05) is 18.2 Å². The number of pyridine rings is 1. The molecule has 0 aliphatic carbocycles. The molecule has 29 heavy (non-hydrogen) atoms. The summed E-state index contributed by atoms with van der Waals surface area (Å²) in [4.78, 5) is 16.9. The molecule has 1 aliphatic rings. The van der Waals surface area contributed by atoms with Crippen LogP contribution in [0.4, 0.5) is 17.2 Å². The number of hydrogen-bond acceptors (Lipinski definition) is 7. The van der Waals surface area contributed by atoms with Crippen molar-refractivity contribution in [1.29, 1.82) is 0 Å². The van der Waals surface area contributed by atoms with Crippen molar-refractivity contribution in [3.8, 4) is 23.0 Å². The summed E-state index contributed by atoms with van der Waals surface area (Å²) in [5.74, 6) is 2.75. The fraction of sp³-hybridized carbons (Fsp3) is 0.143. The monoisotopic (exact) mass is 393 g/mol. The van der Waals surface area contributed by atoms with Gasteiger partial charge in [0.1, 0.15) is 5.82 Å². The van der Waals surface area contributed by atoms with E-state index in [-0.39, 0.29) is 12.7 Å². The molecule has 0 fully saturated rings. The molecule has 0 unspecified atom stereocenters. The van der Waals surface area contributed by atoms with E-state index < -0.39 is 0 Å². The van der Waals surface area contributed by atoms with Gasteiger partial charge < -0.3 is 29.6 Å². The van der Waals surface area contributed by atoms with Crippen LogP contribution in [0.2, 0.25) is 0 Å². The summed E-state index contributed by atoms with van der Waals surface area (Å²) in [6.45, 7) is 0.211. The number of nitrogens with zero attached hydrogens (tertiary/aromatic N) is 1.